The van der Waals surface area contributed by atoms with E-state index < -0.39 is 49.5 Å². The van der Waals surface area contributed by atoms with Gasteiger partial charge < -0.3 is 45.1 Å². The highest BCUT2D eigenvalue weighted by Crippen LogP contribution is 2.23. The van der Waals surface area contributed by atoms with Crippen molar-refractivity contribution in [3.8, 4) is 0 Å². The Balaban J connectivity index is 2.16. The summed E-state index contributed by atoms with van der Waals surface area (Å²) in [5.74, 6) is -0.259. The molecule has 6 N–H and O–H groups in total. The van der Waals surface area contributed by atoms with Crippen molar-refractivity contribution < 1.29 is 49.3 Å². The first kappa shape index (κ1) is 67.1. The molecule has 1 aliphatic heterocycles. The smallest absolute Gasteiger partial charge is 0.305 e. The van der Waals surface area contributed by atoms with E-state index in [-0.39, 0.29) is 18.5 Å². The number of nitrogens with one attached hydrogen (secondary N) is 1. The first-order valence-corrected chi connectivity index (χ1v) is 29.2. The van der Waals surface area contributed by atoms with Gasteiger partial charge in [0.1, 0.15) is 24.4 Å². The van der Waals surface area contributed by atoms with Gasteiger partial charge in [-0.15, -0.1) is 0 Å². The third kappa shape index (κ3) is 39.5. The molecule has 1 amide bonds. The van der Waals surface area contributed by atoms with E-state index in [1.807, 2.05) is 6.08 Å². The third-order valence-corrected chi connectivity index (χ3v) is 13.3. The van der Waals surface area contributed by atoms with Crippen LogP contribution in [0, 0.1) is 0 Å². The molecule has 1 aliphatic rings. The average Bonchev–Trinajstić information content (AvgIpc) is 3.38. The van der Waals surface area contributed by atoms with Gasteiger partial charge in [-0.1, -0.05) is 189 Å². The van der Waals surface area contributed by atoms with Gasteiger partial charge in [0, 0.05) is 12.8 Å². The third-order valence-electron chi connectivity index (χ3n) is 13.3. The van der Waals surface area contributed by atoms with Crippen LogP contribution in [-0.2, 0) is 23.8 Å². The largest absolute Gasteiger partial charge is 0.466 e. The number of carbonyl (C=O) groups is 2. The number of hydrogen-bond acceptors (Lipinski definition) is 10. The maximum Gasteiger partial charge on any atom is 0.305 e. The van der Waals surface area contributed by atoms with Gasteiger partial charge >= 0.3 is 5.97 Å². The quantitative estimate of drug-likeness (QED) is 0.0195. The predicted molar refractivity (Wildman–Crippen MR) is 296 cm³/mol. The molecule has 1 heterocycles. The second-order valence-corrected chi connectivity index (χ2v) is 20.0. The molecule has 0 aromatic heterocycles. The zero-order valence-electron chi connectivity index (χ0n) is 45.6. The lowest BCUT2D eigenvalue weighted by Crippen LogP contribution is -2.60. The SMILES string of the molecule is CCCC/C=C\C/C=C\CCCCCCCC(=O)OCCCCC/C=C\C/C=C\CCCCCCCCCC(=O)NC(COC1OC(CO)C(O)C(O)C1O)C(O)/C=C/CC/C=C/CCCCCCCCC. The van der Waals surface area contributed by atoms with Gasteiger partial charge in [0.05, 0.1) is 32.0 Å². The molecule has 0 aromatic carbocycles. The molecule has 416 valence electrons. The standard InChI is InChI=1S/C61H107NO10/c1-3-5-7-9-11-13-15-17-25-29-33-37-41-45-49-57(66)70-50-46-42-38-34-30-26-22-20-18-19-21-24-28-32-36-40-44-48-56(65)62-53(52-71-61-60(69)59(68)58(67)55(51-63)72-61)54(64)47-43-39-35-31-27-23-16-14-12-10-8-6-4-2/h9,11,15,17-18,20,26-27,30-31,43,47,53-55,58-61,63-64,67-69H,3-8,10,12-14,16,19,21-25,28-29,32-42,44-46,48-52H2,1-2H3,(H,62,65)/b11-9-,17-15-,20-18-,30-26-,31-27+,47-43+. The molecule has 11 heteroatoms. The summed E-state index contributed by atoms with van der Waals surface area (Å²) < 4.78 is 16.7. The van der Waals surface area contributed by atoms with Crippen molar-refractivity contribution in [1.82, 2.24) is 5.32 Å². The van der Waals surface area contributed by atoms with Gasteiger partial charge in [-0.25, -0.2) is 0 Å². The summed E-state index contributed by atoms with van der Waals surface area (Å²) in [6.45, 7) is 4.20. The molecule has 7 unspecified atom stereocenters. The lowest BCUT2D eigenvalue weighted by atomic mass is 9.99. The number of amides is 1. The van der Waals surface area contributed by atoms with E-state index >= 15 is 0 Å². The summed E-state index contributed by atoms with van der Waals surface area (Å²) in [5.41, 5.74) is 0. The minimum Gasteiger partial charge on any atom is -0.466 e. The van der Waals surface area contributed by atoms with E-state index in [0.29, 0.717) is 19.4 Å². The van der Waals surface area contributed by atoms with Crippen molar-refractivity contribution in [2.45, 2.75) is 281 Å². The fraction of sp³-hybridized carbons (Fsp3) is 0.770. The van der Waals surface area contributed by atoms with Crippen LogP contribution in [0.25, 0.3) is 0 Å². The number of rotatable bonds is 49. The number of carbonyl (C=O) groups excluding carboxylic acids is 2. The number of aliphatic hydroxyl groups excluding tert-OH is 5. The van der Waals surface area contributed by atoms with E-state index in [1.54, 1.807) is 6.08 Å². The molecule has 1 rings (SSSR count). The lowest BCUT2D eigenvalue weighted by molar-refractivity contribution is -0.302. The number of aliphatic hydroxyl groups is 5. The summed E-state index contributed by atoms with van der Waals surface area (Å²) in [4.78, 5) is 25.1. The molecule has 1 saturated heterocycles. The molecule has 0 saturated carbocycles. The van der Waals surface area contributed by atoms with Crippen molar-refractivity contribution in [3.05, 3.63) is 72.9 Å². The number of hydrogen-bond donors (Lipinski definition) is 6. The summed E-state index contributed by atoms with van der Waals surface area (Å²) in [6, 6.07) is -0.842. The summed E-state index contributed by atoms with van der Waals surface area (Å²) >= 11 is 0. The minimum atomic E-state index is -1.58. The highest BCUT2D eigenvalue weighted by atomic mass is 16.7. The van der Waals surface area contributed by atoms with Crippen LogP contribution in [0.4, 0.5) is 0 Å². The van der Waals surface area contributed by atoms with E-state index in [9.17, 15) is 35.1 Å². The number of esters is 1. The fourth-order valence-electron chi connectivity index (χ4n) is 8.55. The zero-order chi connectivity index (χ0) is 52.4. The van der Waals surface area contributed by atoms with Crippen LogP contribution in [0.2, 0.25) is 0 Å². The first-order chi connectivity index (χ1) is 35.2. The Labute approximate surface area is 439 Å². The molecular weight excluding hydrogens is 907 g/mol. The minimum absolute atomic E-state index is 0.0488. The van der Waals surface area contributed by atoms with E-state index in [1.165, 1.54) is 103 Å². The molecule has 11 nitrogen and oxygen atoms in total. The van der Waals surface area contributed by atoms with Crippen molar-refractivity contribution >= 4 is 11.9 Å². The molecule has 0 spiro atoms. The van der Waals surface area contributed by atoms with E-state index in [4.69, 9.17) is 14.2 Å². The van der Waals surface area contributed by atoms with Crippen LogP contribution in [0.3, 0.4) is 0 Å². The van der Waals surface area contributed by atoms with Crippen LogP contribution in [0.15, 0.2) is 72.9 Å². The van der Waals surface area contributed by atoms with Gasteiger partial charge in [-0.05, 0) is 109 Å². The molecule has 0 aliphatic carbocycles. The summed E-state index contributed by atoms with van der Waals surface area (Å²) in [6.07, 6.45) is 55.5. The van der Waals surface area contributed by atoms with Crippen LogP contribution < -0.4 is 5.32 Å². The molecule has 0 radical (unpaired) electrons. The van der Waals surface area contributed by atoms with Crippen molar-refractivity contribution in [2.24, 2.45) is 0 Å². The Morgan fingerprint density at radius 3 is 1.50 bits per heavy atom. The number of ether oxygens (including phenoxy) is 3. The second-order valence-electron chi connectivity index (χ2n) is 20.0. The first-order valence-electron chi connectivity index (χ1n) is 29.2. The fourth-order valence-corrected chi connectivity index (χ4v) is 8.55. The van der Waals surface area contributed by atoms with Gasteiger partial charge in [-0.3, -0.25) is 9.59 Å². The van der Waals surface area contributed by atoms with Crippen LogP contribution in [-0.4, -0.2) is 100 Å². The molecule has 0 aromatic rings. The Kier molecular flexibility index (Phi) is 46.9. The maximum absolute atomic E-state index is 13.0. The lowest BCUT2D eigenvalue weighted by Gasteiger charge is -2.40. The average molecular weight is 1010 g/mol. The Hall–Kier alpha value is -2.90. The van der Waals surface area contributed by atoms with Crippen LogP contribution >= 0.6 is 0 Å². The zero-order valence-corrected chi connectivity index (χ0v) is 45.6. The van der Waals surface area contributed by atoms with Crippen LogP contribution in [0.1, 0.15) is 239 Å². The second kappa shape index (κ2) is 50.3. The van der Waals surface area contributed by atoms with Crippen molar-refractivity contribution in [2.75, 3.05) is 19.8 Å². The van der Waals surface area contributed by atoms with Gasteiger partial charge in [0.25, 0.3) is 0 Å². The summed E-state index contributed by atoms with van der Waals surface area (Å²) in [5, 5.41) is 54.3. The Morgan fingerprint density at radius 2 is 0.958 bits per heavy atom. The van der Waals surface area contributed by atoms with E-state index in [2.05, 4.69) is 79.9 Å². The van der Waals surface area contributed by atoms with Gasteiger partial charge in [0.15, 0.2) is 6.29 Å². The highest BCUT2D eigenvalue weighted by molar-refractivity contribution is 5.76. The Morgan fingerprint density at radius 1 is 0.514 bits per heavy atom. The maximum atomic E-state index is 13.0. The van der Waals surface area contributed by atoms with Gasteiger partial charge in [0.2, 0.25) is 5.91 Å². The molecule has 1 fully saturated rings. The topological polar surface area (TPSA) is 175 Å². The predicted octanol–water partition coefficient (Wildman–Crippen LogP) is 13.2. The summed E-state index contributed by atoms with van der Waals surface area (Å²) in [7, 11) is 0. The molecule has 0 bridgehead atoms. The number of allylic oxidation sites excluding steroid dienone is 11. The normalized spacial score (nSPS) is 19.6. The molecular formula is C61H107NO10. The highest BCUT2D eigenvalue weighted by Gasteiger charge is 2.44. The van der Waals surface area contributed by atoms with Crippen molar-refractivity contribution in [1.29, 1.82) is 0 Å². The van der Waals surface area contributed by atoms with E-state index in [0.717, 1.165) is 109 Å². The van der Waals surface area contributed by atoms with Gasteiger partial charge in [-0.2, -0.15) is 0 Å². The Bertz CT molecular complexity index is 1430. The molecule has 72 heavy (non-hydrogen) atoms. The monoisotopic (exact) mass is 1010 g/mol. The van der Waals surface area contributed by atoms with Crippen molar-refractivity contribution in [3.63, 3.8) is 0 Å². The molecule has 7 atom stereocenters. The number of unbranched alkanes of at least 4 members (excludes halogenated alkanes) is 25. The van der Waals surface area contributed by atoms with Crippen LogP contribution in [0.5, 0.6) is 0 Å².